The number of aliphatic hydroxyl groups is 1. The van der Waals surface area contributed by atoms with Gasteiger partial charge in [0.1, 0.15) is 9.71 Å². The Hall–Kier alpha value is -3.80. The number of fused-ring (bicyclic) bond motifs is 1. The van der Waals surface area contributed by atoms with Crippen LogP contribution in [-0.4, -0.2) is 58.5 Å². The fraction of sp³-hybridized carbons (Fsp3) is 0.182. The molecule has 0 saturated carbocycles. The van der Waals surface area contributed by atoms with Gasteiger partial charge in [0.05, 0.1) is 36.2 Å². The maximum absolute atomic E-state index is 12.4. The van der Waals surface area contributed by atoms with E-state index in [1.165, 1.54) is 6.26 Å². The van der Waals surface area contributed by atoms with Gasteiger partial charge in [0.15, 0.2) is 11.6 Å². The van der Waals surface area contributed by atoms with Crippen molar-refractivity contribution in [1.82, 2.24) is 14.9 Å². The minimum atomic E-state index is -0.644. The first-order valence-corrected chi connectivity index (χ1v) is 10.8. The van der Waals surface area contributed by atoms with E-state index < -0.39 is 5.91 Å². The number of nitrogens with two attached hydrogens (primary N) is 2. The summed E-state index contributed by atoms with van der Waals surface area (Å²) < 4.78 is 5.45. The second-order valence-corrected chi connectivity index (χ2v) is 8.35. The normalized spacial score (nSPS) is 11.2. The Morgan fingerprint density at radius 2 is 2.06 bits per heavy atom. The fourth-order valence-corrected chi connectivity index (χ4v) is 4.32. The van der Waals surface area contributed by atoms with Gasteiger partial charge >= 0.3 is 0 Å². The van der Waals surface area contributed by atoms with Crippen molar-refractivity contribution in [1.29, 1.82) is 0 Å². The van der Waals surface area contributed by atoms with E-state index in [0.29, 0.717) is 45.3 Å². The lowest BCUT2D eigenvalue weighted by atomic mass is 10.1. The van der Waals surface area contributed by atoms with Crippen LogP contribution in [0.1, 0.15) is 9.67 Å². The zero-order valence-corrected chi connectivity index (χ0v) is 18.6. The minimum Gasteiger partial charge on any atom is -0.461 e. The van der Waals surface area contributed by atoms with Crippen LogP contribution in [0.5, 0.6) is 0 Å². The predicted octanol–water partition coefficient (Wildman–Crippen LogP) is 2.16. The summed E-state index contributed by atoms with van der Waals surface area (Å²) in [6.45, 7) is 0.489. The third-order valence-electron chi connectivity index (χ3n) is 4.87. The second kappa shape index (κ2) is 9.36. The number of anilines is 2. The molecule has 4 rings (SSSR count). The molecule has 0 atom stereocenters. The molecule has 33 heavy (non-hydrogen) atoms. The first kappa shape index (κ1) is 22.4. The van der Waals surface area contributed by atoms with Crippen molar-refractivity contribution in [2.75, 3.05) is 37.8 Å². The number of carbonyl (C=O) groups excluding carboxylic acids is 2. The van der Waals surface area contributed by atoms with Crippen LogP contribution < -0.4 is 16.8 Å². The first-order valence-electron chi connectivity index (χ1n) is 10.0. The Morgan fingerprint density at radius 3 is 2.76 bits per heavy atom. The van der Waals surface area contributed by atoms with Crippen molar-refractivity contribution in [2.24, 2.45) is 5.73 Å². The number of hydrogen-bond acceptors (Lipinski definition) is 9. The highest BCUT2D eigenvalue weighted by molar-refractivity contribution is 7.21. The topological polar surface area (TPSA) is 161 Å². The number of nitrogen functional groups attached to an aromatic ring is 1. The zero-order chi connectivity index (χ0) is 23.5. The highest BCUT2D eigenvalue weighted by atomic mass is 32.1. The number of amides is 2. The monoisotopic (exact) mass is 466 g/mol. The van der Waals surface area contributed by atoms with Crippen molar-refractivity contribution < 1.29 is 19.1 Å². The molecule has 3 aromatic heterocycles. The molecule has 0 aliphatic heterocycles. The number of rotatable bonds is 8. The molecule has 4 aromatic rings. The smallest absolute Gasteiger partial charge is 0.260 e. The molecule has 1 aromatic carbocycles. The number of furan rings is 1. The third kappa shape index (κ3) is 4.70. The lowest BCUT2D eigenvalue weighted by Crippen LogP contribution is -2.32. The number of aliphatic hydroxyl groups excluding tert-OH is 1. The maximum Gasteiger partial charge on any atom is 0.260 e. The van der Waals surface area contributed by atoms with Crippen molar-refractivity contribution in [3.05, 3.63) is 47.5 Å². The maximum atomic E-state index is 12.4. The van der Waals surface area contributed by atoms with E-state index in [-0.39, 0.29) is 29.6 Å². The lowest BCUT2D eigenvalue weighted by molar-refractivity contribution is -0.117. The van der Waals surface area contributed by atoms with Gasteiger partial charge in [-0.15, -0.1) is 11.3 Å². The molecule has 0 radical (unpaired) electrons. The number of aromatic nitrogens is 2. The van der Waals surface area contributed by atoms with E-state index in [4.69, 9.17) is 21.0 Å². The Labute approximate surface area is 192 Å². The van der Waals surface area contributed by atoms with Crippen molar-refractivity contribution >= 4 is 44.7 Å². The van der Waals surface area contributed by atoms with Gasteiger partial charge in [-0.3, -0.25) is 14.5 Å². The van der Waals surface area contributed by atoms with Crippen LogP contribution in [0.15, 0.2) is 47.1 Å². The van der Waals surface area contributed by atoms with E-state index in [1.54, 1.807) is 42.3 Å². The summed E-state index contributed by atoms with van der Waals surface area (Å²) in [5.41, 5.74) is 13.7. The standard InChI is InChI=1S/C22H22N6O4S/c1-28(7-8-29)11-15(30)25-13-5-2-4-12(10-13)18-16-17(23)19(20(24)31)33-22(16)27-21(26-18)14-6-3-9-32-14/h2-6,9-10,29H,7-8,11,23H2,1H3,(H2,24,31)(H,25,30). The summed E-state index contributed by atoms with van der Waals surface area (Å²) in [4.78, 5) is 35.8. The molecule has 0 saturated heterocycles. The number of likely N-dealkylation sites (N-methyl/N-ethyl adjacent to an activating group) is 1. The van der Waals surface area contributed by atoms with Gasteiger partial charge in [0.2, 0.25) is 5.91 Å². The third-order valence-corrected chi connectivity index (χ3v) is 5.98. The Morgan fingerprint density at radius 1 is 1.24 bits per heavy atom. The van der Waals surface area contributed by atoms with E-state index in [0.717, 1.165) is 11.3 Å². The largest absolute Gasteiger partial charge is 0.461 e. The van der Waals surface area contributed by atoms with Gasteiger partial charge in [-0.05, 0) is 31.3 Å². The molecule has 0 spiro atoms. The van der Waals surface area contributed by atoms with Crippen LogP contribution in [-0.2, 0) is 4.79 Å². The van der Waals surface area contributed by atoms with Gasteiger partial charge in [0.25, 0.3) is 5.91 Å². The summed E-state index contributed by atoms with van der Waals surface area (Å²) >= 11 is 1.09. The second-order valence-electron chi connectivity index (χ2n) is 7.35. The van der Waals surface area contributed by atoms with E-state index >= 15 is 0 Å². The Balaban J connectivity index is 1.78. The van der Waals surface area contributed by atoms with Crippen LogP contribution in [0.25, 0.3) is 33.1 Å². The van der Waals surface area contributed by atoms with Gasteiger partial charge in [-0.25, -0.2) is 9.97 Å². The lowest BCUT2D eigenvalue weighted by Gasteiger charge is -2.15. The number of nitrogens with zero attached hydrogens (tertiary/aromatic N) is 3. The molecule has 0 aliphatic carbocycles. The van der Waals surface area contributed by atoms with Crippen LogP contribution in [0.4, 0.5) is 11.4 Å². The molecule has 0 bridgehead atoms. The molecular formula is C22H22N6O4S. The summed E-state index contributed by atoms with van der Waals surface area (Å²) in [5, 5.41) is 12.4. The molecule has 3 heterocycles. The summed E-state index contributed by atoms with van der Waals surface area (Å²) in [6.07, 6.45) is 1.52. The summed E-state index contributed by atoms with van der Waals surface area (Å²) in [5.74, 6) is -0.0748. The Kier molecular flexibility index (Phi) is 6.36. The molecule has 10 nitrogen and oxygen atoms in total. The van der Waals surface area contributed by atoms with E-state index in [1.807, 2.05) is 6.07 Å². The van der Waals surface area contributed by atoms with Crippen LogP contribution >= 0.6 is 11.3 Å². The molecule has 11 heteroatoms. The molecule has 2 amide bonds. The fourth-order valence-electron chi connectivity index (χ4n) is 3.37. The molecule has 0 fully saturated rings. The first-order chi connectivity index (χ1) is 15.9. The van der Waals surface area contributed by atoms with Gasteiger partial charge < -0.3 is 26.3 Å². The summed E-state index contributed by atoms with van der Waals surface area (Å²) in [7, 11) is 1.75. The van der Waals surface area contributed by atoms with Gasteiger partial charge in [-0.2, -0.15) is 0 Å². The molecule has 170 valence electrons. The van der Waals surface area contributed by atoms with E-state index in [9.17, 15) is 9.59 Å². The Bertz CT molecular complexity index is 1320. The molecule has 6 N–H and O–H groups in total. The van der Waals surface area contributed by atoms with Gasteiger partial charge in [0, 0.05) is 17.8 Å². The average Bonchev–Trinajstić information content (AvgIpc) is 3.42. The number of nitrogens with one attached hydrogen (secondary N) is 1. The molecular weight excluding hydrogens is 444 g/mol. The molecule has 0 unspecified atom stereocenters. The number of primary amides is 1. The van der Waals surface area contributed by atoms with Crippen molar-refractivity contribution in [2.45, 2.75) is 0 Å². The van der Waals surface area contributed by atoms with Crippen LogP contribution in [0, 0.1) is 0 Å². The molecule has 0 aliphatic rings. The SMILES string of the molecule is CN(CCO)CC(=O)Nc1cccc(-c2nc(-c3ccco3)nc3sc(C(N)=O)c(N)c23)c1. The van der Waals surface area contributed by atoms with Crippen LogP contribution in [0.3, 0.4) is 0 Å². The minimum absolute atomic E-state index is 0.0314. The average molecular weight is 467 g/mol. The highest BCUT2D eigenvalue weighted by Gasteiger charge is 2.22. The van der Waals surface area contributed by atoms with E-state index in [2.05, 4.69) is 15.3 Å². The summed E-state index contributed by atoms with van der Waals surface area (Å²) in [6, 6.07) is 10.6. The van der Waals surface area contributed by atoms with Crippen molar-refractivity contribution in [3.63, 3.8) is 0 Å². The predicted molar refractivity (Wildman–Crippen MR) is 127 cm³/mol. The number of carbonyl (C=O) groups is 2. The zero-order valence-electron chi connectivity index (χ0n) is 17.7. The van der Waals surface area contributed by atoms with Gasteiger partial charge in [-0.1, -0.05) is 12.1 Å². The highest BCUT2D eigenvalue weighted by Crippen LogP contribution is 2.39. The number of benzene rings is 1. The number of thiophene rings is 1. The quantitative estimate of drug-likeness (QED) is 0.307. The number of hydrogen-bond donors (Lipinski definition) is 4. The van der Waals surface area contributed by atoms with Crippen LogP contribution in [0.2, 0.25) is 0 Å². The van der Waals surface area contributed by atoms with Crippen molar-refractivity contribution in [3.8, 4) is 22.8 Å².